The number of nitrogens with two attached hydrogens (primary N) is 1. The van der Waals surface area contributed by atoms with E-state index in [-0.39, 0.29) is 5.95 Å². The average molecular weight is 489 g/mol. The number of benzene rings is 3. The largest absolute Gasteiger partial charge is 0.368 e. The van der Waals surface area contributed by atoms with Gasteiger partial charge in [-0.15, -0.1) is 0 Å². The number of aromatic nitrogens is 4. The van der Waals surface area contributed by atoms with Gasteiger partial charge in [-0.05, 0) is 62.8 Å². The van der Waals surface area contributed by atoms with Crippen molar-refractivity contribution in [1.29, 1.82) is 0 Å². The van der Waals surface area contributed by atoms with Gasteiger partial charge in [0.2, 0.25) is 16.0 Å². The second kappa shape index (κ2) is 8.51. The molecule has 0 saturated heterocycles. The number of anilines is 1. The van der Waals surface area contributed by atoms with Gasteiger partial charge in [0, 0.05) is 17.1 Å². The SMILES string of the molecule is CC(C)S(=O)(=O)n1c(N)nc2ccc(-c3c(-c4ccccc4)ccc4nn(CN(C)C)cc34)cc21. The van der Waals surface area contributed by atoms with E-state index in [2.05, 4.69) is 23.2 Å². The molecule has 3 aromatic carbocycles. The molecular weight excluding hydrogens is 460 g/mol. The number of nitrogens with zero attached hydrogens (tertiary/aromatic N) is 5. The van der Waals surface area contributed by atoms with Crippen LogP contribution in [0.15, 0.2) is 66.9 Å². The molecule has 5 aromatic rings. The van der Waals surface area contributed by atoms with E-state index in [0.29, 0.717) is 17.7 Å². The summed E-state index contributed by atoms with van der Waals surface area (Å²) in [6.45, 7) is 3.92. The molecule has 0 aliphatic heterocycles. The lowest BCUT2D eigenvalue weighted by molar-refractivity contribution is 0.308. The number of imidazole rings is 1. The van der Waals surface area contributed by atoms with Crippen LogP contribution in [0.2, 0.25) is 0 Å². The summed E-state index contributed by atoms with van der Waals surface area (Å²) >= 11 is 0. The second-order valence-corrected chi connectivity index (χ2v) is 11.5. The maximum Gasteiger partial charge on any atom is 0.244 e. The lowest BCUT2D eigenvalue weighted by Gasteiger charge is -2.14. The molecule has 2 aromatic heterocycles. The van der Waals surface area contributed by atoms with Crippen molar-refractivity contribution in [1.82, 2.24) is 23.6 Å². The van der Waals surface area contributed by atoms with Crippen molar-refractivity contribution in [3.8, 4) is 22.3 Å². The van der Waals surface area contributed by atoms with Gasteiger partial charge in [-0.2, -0.15) is 5.10 Å². The van der Waals surface area contributed by atoms with Crippen LogP contribution in [0.1, 0.15) is 13.8 Å². The lowest BCUT2D eigenvalue weighted by atomic mass is 9.92. The van der Waals surface area contributed by atoms with Gasteiger partial charge in [0.05, 0.1) is 28.5 Å². The summed E-state index contributed by atoms with van der Waals surface area (Å²) in [5.41, 5.74) is 11.9. The van der Waals surface area contributed by atoms with Crippen LogP contribution in [-0.2, 0) is 16.7 Å². The Morgan fingerprint density at radius 3 is 2.37 bits per heavy atom. The molecule has 2 heterocycles. The molecule has 35 heavy (non-hydrogen) atoms. The highest BCUT2D eigenvalue weighted by Crippen LogP contribution is 2.39. The van der Waals surface area contributed by atoms with Gasteiger partial charge in [0.15, 0.2) is 0 Å². The van der Waals surface area contributed by atoms with Crippen molar-refractivity contribution >= 4 is 37.9 Å². The molecule has 9 heteroatoms. The fourth-order valence-corrected chi connectivity index (χ4v) is 5.52. The molecule has 0 aliphatic carbocycles. The predicted molar refractivity (Wildman–Crippen MR) is 141 cm³/mol. The van der Waals surface area contributed by atoms with Crippen LogP contribution in [0, 0.1) is 0 Å². The second-order valence-electron chi connectivity index (χ2n) is 9.21. The first-order valence-electron chi connectivity index (χ1n) is 11.4. The van der Waals surface area contributed by atoms with E-state index >= 15 is 0 Å². The fraction of sp³-hybridized carbons (Fsp3) is 0.231. The summed E-state index contributed by atoms with van der Waals surface area (Å²) in [7, 11) is 0.298. The van der Waals surface area contributed by atoms with Gasteiger partial charge in [-0.1, -0.05) is 42.5 Å². The van der Waals surface area contributed by atoms with Crippen LogP contribution in [0.4, 0.5) is 5.95 Å². The topological polar surface area (TPSA) is 99.0 Å². The molecule has 0 spiro atoms. The Hall–Kier alpha value is -3.69. The van der Waals surface area contributed by atoms with E-state index < -0.39 is 15.3 Å². The van der Waals surface area contributed by atoms with Crippen LogP contribution in [0.3, 0.4) is 0 Å². The molecule has 0 atom stereocenters. The summed E-state index contributed by atoms with van der Waals surface area (Å²) in [6.07, 6.45) is 2.04. The summed E-state index contributed by atoms with van der Waals surface area (Å²) < 4.78 is 29.3. The molecule has 0 saturated carbocycles. The number of hydrogen-bond donors (Lipinski definition) is 1. The van der Waals surface area contributed by atoms with Crippen molar-refractivity contribution in [2.75, 3.05) is 19.8 Å². The Kier molecular flexibility index (Phi) is 5.61. The van der Waals surface area contributed by atoms with Crippen LogP contribution < -0.4 is 5.73 Å². The molecule has 8 nitrogen and oxygen atoms in total. The summed E-state index contributed by atoms with van der Waals surface area (Å²) in [5.74, 6) is -0.0360. The summed E-state index contributed by atoms with van der Waals surface area (Å²) in [5, 5.41) is 5.11. The highest BCUT2D eigenvalue weighted by atomic mass is 32.2. The Balaban J connectivity index is 1.82. The van der Waals surface area contributed by atoms with E-state index in [1.54, 1.807) is 13.8 Å². The van der Waals surface area contributed by atoms with Crippen LogP contribution in [0.25, 0.3) is 44.2 Å². The standard InChI is InChI=1S/C26H28N6O2S/c1-17(2)35(33,34)32-24-14-19(10-12-23(24)28-26(32)27)25-20(18-8-6-5-7-9-18)11-13-22-21(25)15-31(29-22)16-30(3)4/h5-15,17H,16H2,1-4H3,(H2,27,28). The van der Waals surface area contributed by atoms with Crippen LogP contribution in [-0.4, -0.2) is 51.4 Å². The van der Waals surface area contributed by atoms with Gasteiger partial charge < -0.3 is 5.73 Å². The van der Waals surface area contributed by atoms with Gasteiger partial charge in [-0.3, -0.25) is 9.58 Å². The normalized spacial score (nSPS) is 12.4. The highest BCUT2D eigenvalue weighted by Gasteiger charge is 2.25. The molecule has 0 amide bonds. The molecule has 0 bridgehead atoms. The molecule has 0 aliphatic rings. The van der Waals surface area contributed by atoms with Crippen molar-refractivity contribution < 1.29 is 8.42 Å². The van der Waals surface area contributed by atoms with Crippen molar-refractivity contribution in [2.24, 2.45) is 0 Å². The van der Waals surface area contributed by atoms with E-state index in [0.717, 1.165) is 37.1 Å². The molecule has 180 valence electrons. The maximum absolute atomic E-state index is 13.1. The third kappa shape index (κ3) is 3.96. The molecule has 0 unspecified atom stereocenters. The zero-order chi connectivity index (χ0) is 24.9. The van der Waals surface area contributed by atoms with Gasteiger partial charge in [0.1, 0.15) is 0 Å². The Morgan fingerprint density at radius 1 is 0.971 bits per heavy atom. The van der Waals surface area contributed by atoms with E-state index in [4.69, 9.17) is 10.8 Å². The Bertz CT molecular complexity index is 1650. The minimum atomic E-state index is -3.70. The van der Waals surface area contributed by atoms with E-state index in [1.165, 1.54) is 0 Å². The van der Waals surface area contributed by atoms with E-state index in [9.17, 15) is 8.42 Å². The first kappa shape index (κ1) is 23.1. The zero-order valence-corrected chi connectivity index (χ0v) is 21.0. The van der Waals surface area contributed by atoms with Crippen LogP contribution in [0.5, 0.6) is 0 Å². The molecular formula is C26H28N6O2S. The Morgan fingerprint density at radius 2 is 1.69 bits per heavy atom. The van der Waals surface area contributed by atoms with Crippen LogP contribution >= 0.6 is 0 Å². The quantitative estimate of drug-likeness (QED) is 0.380. The van der Waals surface area contributed by atoms with Crippen molar-refractivity contribution in [3.63, 3.8) is 0 Å². The molecule has 2 N–H and O–H groups in total. The number of rotatable bonds is 6. The fourth-order valence-electron chi connectivity index (χ4n) is 4.38. The zero-order valence-electron chi connectivity index (χ0n) is 20.2. The van der Waals surface area contributed by atoms with Gasteiger partial charge >= 0.3 is 0 Å². The summed E-state index contributed by atoms with van der Waals surface area (Å²) in [6, 6.07) is 19.9. The first-order valence-corrected chi connectivity index (χ1v) is 12.9. The number of fused-ring (bicyclic) bond motifs is 2. The summed E-state index contributed by atoms with van der Waals surface area (Å²) in [4.78, 5) is 6.37. The van der Waals surface area contributed by atoms with Gasteiger partial charge in [-0.25, -0.2) is 17.4 Å². The molecule has 0 radical (unpaired) electrons. The third-order valence-corrected chi connectivity index (χ3v) is 8.11. The molecule has 5 rings (SSSR count). The predicted octanol–water partition coefficient (Wildman–Crippen LogP) is 4.41. The molecule has 0 fully saturated rings. The highest BCUT2D eigenvalue weighted by molar-refractivity contribution is 7.90. The lowest BCUT2D eigenvalue weighted by Crippen LogP contribution is -2.23. The average Bonchev–Trinajstić information content (AvgIpc) is 3.37. The number of nitrogen functional groups attached to an aromatic ring is 1. The smallest absolute Gasteiger partial charge is 0.244 e. The number of hydrogen-bond acceptors (Lipinski definition) is 6. The minimum Gasteiger partial charge on any atom is -0.368 e. The van der Waals surface area contributed by atoms with Crippen molar-refractivity contribution in [2.45, 2.75) is 25.8 Å². The maximum atomic E-state index is 13.1. The third-order valence-electron chi connectivity index (χ3n) is 6.03. The monoisotopic (exact) mass is 488 g/mol. The first-order chi connectivity index (χ1) is 16.7. The van der Waals surface area contributed by atoms with Gasteiger partial charge in [0.25, 0.3) is 0 Å². The van der Waals surface area contributed by atoms with E-state index in [1.807, 2.05) is 72.3 Å². The Labute approximate surface area is 204 Å². The van der Waals surface area contributed by atoms with Crippen molar-refractivity contribution in [3.05, 3.63) is 66.9 Å². The minimum absolute atomic E-state index is 0.0360.